The smallest absolute Gasteiger partial charge is 0.282 e. The lowest BCUT2D eigenvalue weighted by Gasteiger charge is -2.46. The second-order valence-electron chi connectivity index (χ2n) is 16.2. The van der Waals surface area contributed by atoms with Gasteiger partial charge in [-0.1, -0.05) is 186 Å². The molecule has 0 N–H and O–H groups in total. The summed E-state index contributed by atoms with van der Waals surface area (Å²) in [5, 5.41) is 0. The molecule has 0 aliphatic carbocycles. The topological polar surface area (TPSA) is 3.24 Å². The van der Waals surface area contributed by atoms with Gasteiger partial charge >= 0.3 is 0 Å². The maximum Gasteiger partial charge on any atom is 0.282 e. The van der Waals surface area contributed by atoms with Gasteiger partial charge in [0.1, 0.15) is 0 Å². The molecule has 0 saturated heterocycles. The van der Waals surface area contributed by atoms with Crippen molar-refractivity contribution >= 4 is 45.6 Å². The Bertz CT molecular complexity index is 2400. The minimum Gasteiger partial charge on any atom is -0.310 e. The average Bonchev–Trinajstić information content (AvgIpc) is 3.22. The molecule has 0 saturated carbocycles. The molecule has 55 heavy (non-hydrogen) atoms. The first-order valence-electron chi connectivity index (χ1n) is 20.0. The highest BCUT2D eigenvalue weighted by atomic mass is 32.2. The third-order valence-corrected chi connectivity index (χ3v) is 13.3. The highest BCUT2D eigenvalue weighted by molar-refractivity contribution is 8.28. The zero-order valence-electron chi connectivity index (χ0n) is 32.8. The second kappa shape index (κ2) is 14.1. The first-order valence-corrected chi connectivity index (χ1v) is 20.8. The second-order valence-corrected chi connectivity index (χ2v) is 17.3. The predicted molar refractivity (Wildman–Crippen MR) is 238 cm³/mol. The minimum atomic E-state index is -0.489. The van der Waals surface area contributed by atoms with Gasteiger partial charge < -0.3 is 4.90 Å². The van der Waals surface area contributed by atoms with Crippen LogP contribution in [0.2, 0.25) is 0 Å². The lowest BCUT2D eigenvalue weighted by molar-refractivity contribution is 0.731. The highest BCUT2D eigenvalue weighted by Crippen LogP contribution is 2.57. The Labute approximate surface area is 332 Å². The van der Waals surface area contributed by atoms with E-state index in [-0.39, 0.29) is 5.99 Å². The van der Waals surface area contributed by atoms with E-state index in [2.05, 4.69) is 210 Å². The zero-order chi connectivity index (χ0) is 37.8. The van der Waals surface area contributed by atoms with Crippen LogP contribution in [0.15, 0.2) is 169 Å². The average molecular weight is 730 g/mol. The van der Waals surface area contributed by atoms with Gasteiger partial charge in [0.25, 0.3) is 5.99 Å². The Balaban J connectivity index is 1.29. The molecule has 2 aliphatic rings. The van der Waals surface area contributed by atoms with Gasteiger partial charge in [-0.15, -0.1) is 0 Å². The fraction of sp³-hybridized carbons (Fsp3) is 0.192. The summed E-state index contributed by atoms with van der Waals surface area (Å²) in [4.78, 5) is 3.87. The van der Waals surface area contributed by atoms with Crippen LogP contribution in [-0.4, -0.2) is 5.99 Å². The molecule has 2 aliphatic heterocycles. The van der Waals surface area contributed by atoms with E-state index in [4.69, 9.17) is 0 Å². The van der Waals surface area contributed by atoms with E-state index in [0.717, 1.165) is 0 Å². The Morgan fingerprint density at radius 1 is 0.491 bits per heavy atom. The number of benzene rings is 7. The van der Waals surface area contributed by atoms with E-state index < -0.39 is 5.41 Å². The largest absolute Gasteiger partial charge is 0.310 e. The molecular weight excluding hydrogens is 681 g/mol. The van der Waals surface area contributed by atoms with Gasteiger partial charge in [-0.25, -0.2) is 0 Å². The van der Waals surface area contributed by atoms with Crippen LogP contribution in [0.3, 0.4) is 0 Å². The summed E-state index contributed by atoms with van der Waals surface area (Å²) in [5.74, 6) is 1.52. The van der Waals surface area contributed by atoms with E-state index in [1.165, 1.54) is 83.0 Å². The molecule has 3 heteroatoms. The summed E-state index contributed by atoms with van der Waals surface area (Å²) in [6, 6.07) is 61.7. The molecule has 9 rings (SSSR count). The zero-order valence-corrected chi connectivity index (χ0v) is 33.6. The van der Waals surface area contributed by atoms with Gasteiger partial charge in [-0.3, -0.25) is 0 Å². The van der Waals surface area contributed by atoms with Crippen molar-refractivity contribution in [2.75, 3.05) is 4.90 Å². The number of hydrogen-bond acceptors (Lipinski definition) is 2. The van der Waals surface area contributed by atoms with E-state index in [9.17, 15) is 0 Å². The summed E-state index contributed by atoms with van der Waals surface area (Å²) in [6.45, 7) is 14.1. The first-order chi connectivity index (χ1) is 26.8. The maximum atomic E-state index is 2.52. The van der Waals surface area contributed by atoms with Crippen LogP contribution in [0.1, 0.15) is 98.2 Å². The van der Waals surface area contributed by atoms with Crippen LogP contribution in [0.25, 0.3) is 11.1 Å². The summed E-state index contributed by atoms with van der Waals surface area (Å²) in [6.07, 6.45) is 0. The van der Waals surface area contributed by atoms with Gasteiger partial charge in [0.05, 0.1) is 16.8 Å². The Hall–Kier alpha value is -5.25. The van der Waals surface area contributed by atoms with E-state index in [1.807, 2.05) is 11.6 Å². The molecule has 7 aromatic carbocycles. The maximum absolute atomic E-state index is 2.52. The number of fused-ring (bicyclic) bond motifs is 5. The van der Waals surface area contributed by atoms with Crippen LogP contribution in [0, 0.1) is 0 Å². The van der Waals surface area contributed by atoms with Crippen LogP contribution in [-0.2, 0) is 5.41 Å². The predicted octanol–water partition coefficient (Wildman–Crippen LogP) is 13.1. The first kappa shape index (κ1) is 35.5. The Morgan fingerprint density at radius 3 is 1.55 bits per heavy atom. The molecule has 1 nitrogen and oxygen atoms in total. The molecule has 0 spiro atoms. The van der Waals surface area contributed by atoms with Crippen LogP contribution in [0.4, 0.5) is 17.1 Å². The number of nitrogens with zero attached hydrogens (tertiary/aromatic N) is 1. The molecule has 0 aromatic heterocycles. The minimum absolute atomic E-state index is 0.194. The molecule has 0 fully saturated rings. The van der Waals surface area contributed by atoms with Gasteiger partial charge in [-0.05, 0) is 98.2 Å². The van der Waals surface area contributed by atoms with Crippen molar-refractivity contribution in [2.24, 2.45) is 0 Å². The number of para-hydroxylation sites is 2. The molecule has 0 radical (unpaired) electrons. The number of rotatable bonds is 7. The van der Waals surface area contributed by atoms with E-state index in [1.54, 1.807) is 0 Å². The third-order valence-electron chi connectivity index (χ3n) is 12.0. The Kier molecular flexibility index (Phi) is 9.10. The van der Waals surface area contributed by atoms with Crippen molar-refractivity contribution in [3.63, 3.8) is 0 Å². The molecule has 0 amide bonds. The normalized spacial score (nSPS) is 14.1. The summed E-state index contributed by atoms with van der Waals surface area (Å²) < 4.78 is 0. The molecule has 0 bridgehead atoms. The van der Waals surface area contributed by atoms with Crippen molar-refractivity contribution in [3.05, 3.63) is 203 Å². The van der Waals surface area contributed by atoms with Crippen LogP contribution in [0.5, 0.6) is 0 Å². The summed E-state index contributed by atoms with van der Waals surface area (Å²) in [5.41, 5.74) is 18.2. The molecule has 2 heterocycles. The van der Waals surface area contributed by atoms with Crippen LogP contribution < -0.4 is 15.8 Å². The SMILES string of the molecule is CC(C)c1cc(C(C)C)c(B2Sc3ccccc3-c3cc(N4c5ccccc5C(c5ccccc5)(c5ccccc5)c5ccccc54)ccc32)c(C(C)C)c1. The van der Waals surface area contributed by atoms with Crippen molar-refractivity contribution in [1.82, 2.24) is 0 Å². The van der Waals surface area contributed by atoms with Crippen molar-refractivity contribution in [3.8, 4) is 11.1 Å². The van der Waals surface area contributed by atoms with Gasteiger partial charge in [0.2, 0.25) is 0 Å². The monoisotopic (exact) mass is 729 g/mol. The quantitative estimate of drug-likeness (QED) is 0.150. The fourth-order valence-electron chi connectivity index (χ4n) is 9.35. The van der Waals surface area contributed by atoms with Gasteiger partial charge in [0.15, 0.2) is 0 Å². The van der Waals surface area contributed by atoms with Crippen molar-refractivity contribution < 1.29 is 0 Å². The molecule has 7 aromatic rings. The lowest BCUT2D eigenvalue weighted by atomic mass is 9.54. The van der Waals surface area contributed by atoms with Crippen LogP contribution >= 0.6 is 11.6 Å². The fourth-order valence-corrected chi connectivity index (χ4v) is 10.8. The number of anilines is 3. The van der Waals surface area contributed by atoms with Crippen molar-refractivity contribution in [2.45, 2.75) is 69.6 Å². The van der Waals surface area contributed by atoms with E-state index in [0.29, 0.717) is 17.8 Å². The molecule has 0 unspecified atom stereocenters. The molecule has 270 valence electrons. The standard InChI is InChI=1S/C52H48BNS/c1-34(2)37-31-42(35(3)4)51(43(32-37)36(5)6)53-47-30-29-40(33-44(47)41-23-13-18-28-50(41)55-53)54-48-26-16-14-24-45(48)52(38-19-9-7-10-20-38,39-21-11-8-12-22-39)46-25-15-17-27-49(46)54/h7-36H,1-6H3. The summed E-state index contributed by atoms with van der Waals surface area (Å²) in [7, 11) is 0. The van der Waals surface area contributed by atoms with Crippen molar-refractivity contribution in [1.29, 1.82) is 0 Å². The van der Waals surface area contributed by atoms with E-state index >= 15 is 0 Å². The third kappa shape index (κ3) is 5.70. The van der Waals surface area contributed by atoms with Gasteiger partial charge in [-0.2, -0.15) is 11.6 Å². The summed E-state index contributed by atoms with van der Waals surface area (Å²) >= 11 is 2.03. The lowest BCUT2D eigenvalue weighted by Crippen LogP contribution is -2.46. The van der Waals surface area contributed by atoms with Gasteiger partial charge in [0, 0.05) is 10.6 Å². The molecular formula is C52H48BNS. The Morgan fingerprint density at radius 2 is 1.00 bits per heavy atom. The number of hydrogen-bond donors (Lipinski definition) is 0. The highest BCUT2D eigenvalue weighted by Gasteiger charge is 2.46. The molecule has 0 atom stereocenters.